The molecule has 0 amide bonds. The van der Waals surface area contributed by atoms with E-state index >= 15 is 0 Å². The average molecular weight is 186 g/mol. The Morgan fingerprint density at radius 2 is 1.77 bits per heavy atom. The van der Waals surface area contributed by atoms with Gasteiger partial charge in [-0.15, -0.1) is 0 Å². The molecule has 0 fully saturated rings. The molecule has 13 heavy (non-hydrogen) atoms. The molecule has 0 bridgehead atoms. The first-order chi connectivity index (χ1) is 6.02. The fraction of sp³-hybridized carbons (Fsp3) is 1.00. The summed E-state index contributed by atoms with van der Waals surface area (Å²) in [4.78, 5) is 0. The molecule has 0 saturated heterocycles. The molecule has 1 nitrogen and oxygen atoms in total. The van der Waals surface area contributed by atoms with Crippen LogP contribution in [-0.4, -0.2) is 11.2 Å². The summed E-state index contributed by atoms with van der Waals surface area (Å²) in [5.41, 5.74) is 0.321. The van der Waals surface area contributed by atoms with Gasteiger partial charge in [0.25, 0.3) is 0 Å². The highest BCUT2D eigenvalue weighted by Gasteiger charge is 2.20. The molecular weight excluding hydrogens is 160 g/mol. The summed E-state index contributed by atoms with van der Waals surface area (Å²) in [5.74, 6) is 0. The summed E-state index contributed by atoms with van der Waals surface area (Å²) >= 11 is 0. The molecule has 0 aliphatic heterocycles. The Kier molecular flexibility index (Phi) is 6.40. The molecule has 0 rings (SSSR count). The molecule has 1 heteroatoms. The van der Waals surface area contributed by atoms with E-state index in [-0.39, 0.29) is 6.10 Å². The minimum atomic E-state index is -0.0819. The van der Waals surface area contributed by atoms with Gasteiger partial charge in [-0.1, -0.05) is 47.0 Å². The minimum absolute atomic E-state index is 0.0819. The molecule has 0 aliphatic carbocycles. The maximum absolute atomic E-state index is 9.74. The number of hydrogen-bond donors (Lipinski definition) is 1. The molecule has 0 aromatic rings. The van der Waals surface area contributed by atoms with Crippen molar-refractivity contribution in [2.75, 3.05) is 0 Å². The van der Waals surface area contributed by atoms with Crippen LogP contribution in [0.2, 0.25) is 0 Å². The predicted octanol–water partition coefficient (Wildman–Crippen LogP) is 3.75. The van der Waals surface area contributed by atoms with E-state index in [0.717, 1.165) is 19.3 Å². The summed E-state index contributed by atoms with van der Waals surface area (Å²) in [5, 5.41) is 9.74. The lowest BCUT2D eigenvalue weighted by Gasteiger charge is -2.26. The molecular formula is C12H26O. The predicted molar refractivity (Wildman–Crippen MR) is 58.8 cm³/mol. The fourth-order valence-corrected chi connectivity index (χ4v) is 1.96. The van der Waals surface area contributed by atoms with Gasteiger partial charge < -0.3 is 5.11 Å². The zero-order chi connectivity index (χ0) is 10.3. The number of aliphatic hydroxyl groups is 1. The van der Waals surface area contributed by atoms with Crippen LogP contribution in [0.25, 0.3) is 0 Å². The van der Waals surface area contributed by atoms with E-state index in [2.05, 4.69) is 27.7 Å². The Balaban J connectivity index is 3.68. The van der Waals surface area contributed by atoms with E-state index in [1.54, 1.807) is 0 Å². The zero-order valence-corrected chi connectivity index (χ0v) is 9.77. The second kappa shape index (κ2) is 6.42. The standard InChI is InChI=1S/C12H26O/c1-5-7-8-11(13)10-12(3,4)9-6-2/h11,13H,5-10H2,1-4H3. The molecule has 0 radical (unpaired) electrons. The normalized spacial score (nSPS) is 14.5. The van der Waals surface area contributed by atoms with Crippen LogP contribution in [0.5, 0.6) is 0 Å². The van der Waals surface area contributed by atoms with Crippen LogP contribution < -0.4 is 0 Å². The Morgan fingerprint density at radius 1 is 1.15 bits per heavy atom. The van der Waals surface area contributed by atoms with Gasteiger partial charge in [0, 0.05) is 0 Å². The first-order valence-electron chi connectivity index (χ1n) is 5.70. The monoisotopic (exact) mass is 186 g/mol. The largest absolute Gasteiger partial charge is 0.393 e. The SMILES string of the molecule is CCCCC(O)CC(C)(C)CCC. The van der Waals surface area contributed by atoms with E-state index < -0.39 is 0 Å². The van der Waals surface area contributed by atoms with Crippen LogP contribution in [0.4, 0.5) is 0 Å². The molecule has 0 spiro atoms. The van der Waals surface area contributed by atoms with Crippen molar-refractivity contribution in [3.05, 3.63) is 0 Å². The topological polar surface area (TPSA) is 20.2 Å². The van der Waals surface area contributed by atoms with E-state index in [4.69, 9.17) is 0 Å². The van der Waals surface area contributed by atoms with Crippen molar-refractivity contribution >= 4 is 0 Å². The number of aliphatic hydroxyl groups excluding tert-OH is 1. The minimum Gasteiger partial charge on any atom is -0.393 e. The summed E-state index contributed by atoms with van der Waals surface area (Å²) in [6, 6.07) is 0. The lowest BCUT2D eigenvalue weighted by atomic mass is 9.81. The summed E-state index contributed by atoms with van der Waals surface area (Å²) in [7, 11) is 0. The van der Waals surface area contributed by atoms with Crippen LogP contribution >= 0.6 is 0 Å². The maximum atomic E-state index is 9.74. The second-order valence-electron chi connectivity index (χ2n) is 4.91. The first kappa shape index (κ1) is 13.0. The van der Waals surface area contributed by atoms with Gasteiger partial charge in [0.2, 0.25) is 0 Å². The Hall–Kier alpha value is -0.0400. The zero-order valence-electron chi connectivity index (χ0n) is 9.77. The Morgan fingerprint density at radius 3 is 2.23 bits per heavy atom. The quantitative estimate of drug-likeness (QED) is 0.642. The smallest absolute Gasteiger partial charge is 0.0545 e. The van der Waals surface area contributed by atoms with Gasteiger partial charge in [0.05, 0.1) is 6.10 Å². The fourth-order valence-electron chi connectivity index (χ4n) is 1.96. The Labute approximate surface area is 83.5 Å². The van der Waals surface area contributed by atoms with Crippen molar-refractivity contribution in [2.24, 2.45) is 5.41 Å². The second-order valence-corrected chi connectivity index (χ2v) is 4.91. The van der Waals surface area contributed by atoms with Gasteiger partial charge in [-0.3, -0.25) is 0 Å². The summed E-state index contributed by atoms with van der Waals surface area (Å²) in [6.07, 6.45) is 6.63. The molecule has 80 valence electrons. The van der Waals surface area contributed by atoms with Crippen molar-refractivity contribution in [1.29, 1.82) is 0 Å². The lowest BCUT2D eigenvalue weighted by Crippen LogP contribution is -2.20. The molecule has 0 heterocycles. The Bertz CT molecular complexity index is 118. The van der Waals surface area contributed by atoms with E-state index in [9.17, 15) is 5.11 Å². The van der Waals surface area contributed by atoms with Gasteiger partial charge in [0.15, 0.2) is 0 Å². The number of unbranched alkanes of at least 4 members (excludes halogenated alkanes) is 1. The molecule has 1 unspecified atom stereocenters. The molecule has 0 saturated carbocycles. The molecule has 1 N–H and O–H groups in total. The van der Waals surface area contributed by atoms with Crippen molar-refractivity contribution in [3.63, 3.8) is 0 Å². The van der Waals surface area contributed by atoms with E-state index in [1.165, 1.54) is 19.3 Å². The molecule has 0 aromatic heterocycles. The molecule has 0 aromatic carbocycles. The first-order valence-corrected chi connectivity index (χ1v) is 5.70. The van der Waals surface area contributed by atoms with Crippen LogP contribution in [-0.2, 0) is 0 Å². The summed E-state index contributed by atoms with van der Waals surface area (Å²) in [6.45, 7) is 8.89. The number of hydrogen-bond acceptors (Lipinski definition) is 1. The maximum Gasteiger partial charge on any atom is 0.0545 e. The van der Waals surface area contributed by atoms with Crippen LogP contribution in [0.3, 0.4) is 0 Å². The van der Waals surface area contributed by atoms with Crippen LogP contribution in [0, 0.1) is 5.41 Å². The average Bonchev–Trinajstić information content (AvgIpc) is 1.99. The van der Waals surface area contributed by atoms with E-state index in [0.29, 0.717) is 5.41 Å². The highest BCUT2D eigenvalue weighted by atomic mass is 16.3. The van der Waals surface area contributed by atoms with Gasteiger partial charge >= 0.3 is 0 Å². The van der Waals surface area contributed by atoms with Crippen molar-refractivity contribution in [2.45, 2.75) is 72.3 Å². The van der Waals surface area contributed by atoms with Crippen molar-refractivity contribution in [1.82, 2.24) is 0 Å². The van der Waals surface area contributed by atoms with Gasteiger partial charge in [-0.05, 0) is 24.7 Å². The van der Waals surface area contributed by atoms with E-state index in [1.807, 2.05) is 0 Å². The van der Waals surface area contributed by atoms with Gasteiger partial charge in [-0.2, -0.15) is 0 Å². The third kappa shape index (κ3) is 7.06. The summed E-state index contributed by atoms with van der Waals surface area (Å²) < 4.78 is 0. The highest BCUT2D eigenvalue weighted by molar-refractivity contribution is 4.72. The third-order valence-corrected chi connectivity index (χ3v) is 2.61. The van der Waals surface area contributed by atoms with Crippen molar-refractivity contribution < 1.29 is 5.11 Å². The molecule has 0 aliphatic rings. The molecule has 1 atom stereocenters. The third-order valence-electron chi connectivity index (χ3n) is 2.61. The van der Waals surface area contributed by atoms with Gasteiger partial charge in [-0.25, -0.2) is 0 Å². The number of rotatable bonds is 7. The van der Waals surface area contributed by atoms with Crippen molar-refractivity contribution in [3.8, 4) is 0 Å². The van der Waals surface area contributed by atoms with Crippen LogP contribution in [0.1, 0.15) is 66.2 Å². The highest BCUT2D eigenvalue weighted by Crippen LogP contribution is 2.29. The lowest BCUT2D eigenvalue weighted by molar-refractivity contribution is 0.0992. The van der Waals surface area contributed by atoms with Gasteiger partial charge in [0.1, 0.15) is 0 Å². The van der Waals surface area contributed by atoms with Crippen LogP contribution in [0.15, 0.2) is 0 Å².